The van der Waals surface area contributed by atoms with E-state index in [2.05, 4.69) is 46.6 Å². The summed E-state index contributed by atoms with van der Waals surface area (Å²) in [4.78, 5) is 0. The number of benzene rings is 3. The number of aryl methyl sites for hydroxylation is 1. The Morgan fingerprint density at radius 3 is 2.19 bits per heavy atom. The van der Waals surface area contributed by atoms with Gasteiger partial charge in [0.1, 0.15) is 11.6 Å². The Bertz CT molecular complexity index is 1070. The molecule has 0 amide bonds. The highest BCUT2D eigenvalue weighted by atomic mass is 35.5. The Morgan fingerprint density at radius 1 is 0.815 bits per heavy atom. The van der Waals surface area contributed by atoms with Crippen molar-refractivity contribution >= 4 is 11.6 Å². The molecule has 4 rings (SSSR count). The number of rotatable bonds is 4. The topological polar surface area (TPSA) is 39.9 Å². The van der Waals surface area contributed by atoms with Crippen molar-refractivity contribution in [3.63, 3.8) is 0 Å². The first-order chi connectivity index (χ1) is 13.2. The molecule has 0 aliphatic rings. The maximum absolute atomic E-state index is 6.11. The lowest BCUT2D eigenvalue weighted by atomic mass is 10.0. The zero-order valence-corrected chi connectivity index (χ0v) is 15.8. The Labute approximate surface area is 163 Å². The molecular weight excluding hydrogens is 358 g/mol. The van der Waals surface area contributed by atoms with Crippen molar-refractivity contribution in [1.29, 1.82) is 0 Å². The molecule has 4 nitrogen and oxygen atoms in total. The number of halogens is 1. The Morgan fingerprint density at radius 2 is 1.48 bits per heavy atom. The van der Waals surface area contributed by atoms with Gasteiger partial charge < -0.3 is 4.74 Å². The highest BCUT2D eigenvalue weighted by molar-refractivity contribution is 6.30. The Balaban J connectivity index is 1.79. The highest BCUT2D eigenvalue weighted by Gasteiger charge is 2.16. The monoisotopic (exact) mass is 375 g/mol. The maximum Gasteiger partial charge on any atom is 0.168 e. The van der Waals surface area contributed by atoms with Crippen LogP contribution in [0.5, 0.6) is 5.75 Å². The number of hydrogen-bond donors (Lipinski definition) is 0. The molecule has 3 aromatic carbocycles. The first-order valence-corrected chi connectivity index (χ1v) is 8.97. The second-order valence-corrected chi connectivity index (χ2v) is 6.60. The molecule has 134 valence electrons. The van der Waals surface area contributed by atoms with Gasteiger partial charge in [-0.05, 0) is 30.2 Å². The molecule has 0 saturated heterocycles. The van der Waals surface area contributed by atoms with Crippen LogP contribution in [0.25, 0.3) is 28.2 Å². The van der Waals surface area contributed by atoms with E-state index in [1.807, 2.05) is 41.8 Å². The molecule has 4 aromatic rings. The van der Waals surface area contributed by atoms with Crippen molar-refractivity contribution in [2.75, 3.05) is 7.11 Å². The third kappa shape index (κ3) is 3.32. The maximum atomic E-state index is 6.11. The third-order valence-electron chi connectivity index (χ3n) is 4.46. The van der Waals surface area contributed by atoms with Gasteiger partial charge >= 0.3 is 0 Å². The van der Waals surface area contributed by atoms with E-state index in [1.165, 1.54) is 5.56 Å². The zero-order chi connectivity index (χ0) is 18.8. The van der Waals surface area contributed by atoms with Gasteiger partial charge in [0.15, 0.2) is 5.82 Å². The summed E-state index contributed by atoms with van der Waals surface area (Å²) in [5, 5.41) is 9.28. The number of hydrogen-bond acceptors (Lipinski definition) is 3. The van der Waals surface area contributed by atoms with Gasteiger partial charge in [-0.2, -0.15) is 0 Å². The van der Waals surface area contributed by atoms with Crippen molar-refractivity contribution < 1.29 is 4.74 Å². The molecule has 27 heavy (non-hydrogen) atoms. The second-order valence-electron chi connectivity index (χ2n) is 6.17. The normalized spacial score (nSPS) is 10.8. The van der Waals surface area contributed by atoms with Gasteiger partial charge in [-0.15, -0.1) is 10.2 Å². The van der Waals surface area contributed by atoms with Gasteiger partial charge in [-0.1, -0.05) is 66.2 Å². The van der Waals surface area contributed by atoms with E-state index in [0.29, 0.717) is 10.8 Å². The lowest BCUT2D eigenvalue weighted by molar-refractivity contribution is 0.413. The van der Waals surface area contributed by atoms with Gasteiger partial charge in [0, 0.05) is 16.7 Å². The van der Waals surface area contributed by atoms with Gasteiger partial charge in [-0.25, -0.2) is 0 Å². The zero-order valence-electron chi connectivity index (χ0n) is 15.1. The number of ether oxygens (including phenoxy) is 1. The van der Waals surface area contributed by atoms with E-state index in [4.69, 9.17) is 16.3 Å². The SMILES string of the molecule is COc1cc(Cl)ccc1-n1c(C)nnc1-c1ccc(-c2ccccc2)cc1. The predicted molar refractivity (Wildman–Crippen MR) is 109 cm³/mol. The van der Waals surface area contributed by atoms with E-state index in [-0.39, 0.29) is 0 Å². The second kappa shape index (κ2) is 7.25. The molecule has 0 unspecified atom stereocenters. The summed E-state index contributed by atoms with van der Waals surface area (Å²) < 4.78 is 7.49. The van der Waals surface area contributed by atoms with Crippen LogP contribution in [0.2, 0.25) is 5.02 Å². The minimum atomic E-state index is 0.620. The van der Waals surface area contributed by atoms with E-state index in [0.717, 1.165) is 28.5 Å². The standard InChI is InChI=1S/C22H18ClN3O/c1-15-24-25-22(26(15)20-13-12-19(23)14-21(20)27-2)18-10-8-17(9-11-18)16-6-4-3-5-7-16/h3-14H,1-2H3. The van der Waals surface area contributed by atoms with Crippen molar-refractivity contribution in [1.82, 2.24) is 14.8 Å². The largest absolute Gasteiger partial charge is 0.495 e. The molecule has 0 bridgehead atoms. The molecule has 1 heterocycles. The number of nitrogens with zero attached hydrogens (tertiary/aromatic N) is 3. The lowest BCUT2D eigenvalue weighted by Crippen LogP contribution is -2.02. The summed E-state index contributed by atoms with van der Waals surface area (Å²) in [6, 6.07) is 24.1. The van der Waals surface area contributed by atoms with Crippen LogP contribution in [-0.4, -0.2) is 21.9 Å². The molecule has 0 saturated carbocycles. The van der Waals surface area contributed by atoms with E-state index in [9.17, 15) is 0 Å². The Hall–Kier alpha value is -3.11. The fourth-order valence-electron chi connectivity index (χ4n) is 3.12. The molecule has 5 heteroatoms. The molecule has 0 aliphatic carbocycles. The number of aromatic nitrogens is 3. The van der Waals surface area contributed by atoms with Crippen LogP contribution in [0.1, 0.15) is 5.82 Å². The molecule has 0 atom stereocenters. The average molecular weight is 376 g/mol. The van der Waals surface area contributed by atoms with Gasteiger partial charge in [0.2, 0.25) is 0 Å². The van der Waals surface area contributed by atoms with Crippen molar-refractivity contribution in [2.24, 2.45) is 0 Å². The highest BCUT2D eigenvalue weighted by Crippen LogP contribution is 2.32. The summed E-state index contributed by atoms with van der Waals surface area (Å²) in [5.74, 6) is 2.21. The van der Waals surface area contributed by atoms with Gasteiger partial charge in [0.05, 0.1) is 12.8 Å². The summed E-state index contributed by atoms with van der Waals surface area (Å²) in [6.45, 7) is 1.92. The summed E-state index contributed by atoms with van der Waals surface area (Å²) >= 11 is 6.11. The molecular formula is C22H18ClN3O. The third-order valence-corrected chi connectivity index (χ3v) is 4.69. The van der Waals surface area contributed by atoms with E-state index in [1.54, 1.807) is 13.2 Å². The molecule has 1 aromatic heterocycles. The summed E-state index contributed by atoms with van der Waals surface area (Å²) in [7, 11) is 1.63. The van der Waals surface area contributed by atoms with Crippen molar-refractivity contribution in [3.05, 3.63) is 83.6 Å². The predicted octanol–water partition coefficient (Wildman–Crippen LogP) is 5.57. The average Bonchev–Trinajstić information content (AvgIpc) is 3.10. The molecule has 0 N–H and O–H groups in total. The van der Waals surface area contributed by atoms with Crippen LogP contribution >= 0.6 is 11.6 Å². The van der Waals surface area contributed by atoms with Crippen LogP contribution in [0.15, 0.2) is 72.8 Å². The van der Waals surface area contributed by atoms with E-state index < -0.39 is 0 Å². The van der Waals surface area contributed by atoms with Crippen LogP contribution in [0.3, 0.4) is 0 Å². The first kappa shape index (κ1) is 17.3. The minimum Gasteiger partial charge on any atom is -0.495 e. The molecule has 0 fully saturated rings. The lowest BCUT2D eigenvalue weighted by Gasteiger charge is -2.13. The number of methoxy groups -OCH3 is 1. The van der Waals surface area contributed by atoms with Crippen LogP contribution in [-0.2, 0) is 0 Å². The minimum absolute atomic E-state index is 0.620. The fourth-order valence-corrected chi connectivity index (χ4v) is 3.28. The summed E-state index contributed by atoms with van der Waals surface area (Å²) in [6.07, 6.45) is 0. The molecule has 0 aliphatic heterocycles. The first-order valence-electron chi connectivity index (χ1n) is 8.59. The Kier molecular flexibility index (Phi) is 4.65. The van der Waals surface area contributed by atoms with Crippen molar-refractivity contribution in [3.8, 4) is 34.0 Å². The van der Waals surface area contributed by atoms with E-state index >= 15 is 0 Å². The summed E-state index contributed by atoms with van der Waals surface area (Å²) in [5.41, 5.74) is 4.17. The fraction of sp³-hybridized carbons (Fsp3) is 0.0909. The molecule has 0 radical (unpaired) electrons. The van der Waals surface area contributed by atoms with Gasteiger partial charge in [-0.3, -0.25) is 4.57 Å². The van der Waals surface area contributed by atoms with Crippen LogP contribution in [0, 0.1) is 6.92 Å². The quantitative estimate of drug-likeness (QED) is 0.468. The molecule has 0 spiro atoms. The smallest absolute Gasteiger partial charge is 0.168 e. The van der Waals surface area contributed by atoms with Crippen LogP contribution in [0.4, 0.5) is 0 Å². The van der Waals surface area contributed by atoms with Gasteiger partial charge in [0.25, 0.3) is 0 Å². The van der Waals surface area contributed by atoms with Crippen LogP contribution < -0.4 is 4.74 Å². The van der Waals surface area contributed by atoms with Crippen molar-refractivity contribution in [2.45, 2.75) is 6.92 Å².